The quantitative estimate of drug-likeness (QED) is 0.321. The molecule has 0 saturated carbocycles. The Morgan fingerprint density at radius 3 is 0.0833 bits per heavy atom. The van der Waals surface area contributed by atoms with Gasteiger partial charge in [0, 0.05) is 241 Å². The number of hydrogen-bond acceptors (Lipinski definition) is 0. The summed E-state index contributed by atoms with van der Waals surface area (Å²) in [6.07, 6.45) is 0. The first-order valence-corrected chi connectivity index (χ1v) is 0. The summed E-state index contributed by atoms with van der Waals surface area (Å²) < 4.78 is 0. The maximum absolute atomic E-state index is 0. The second-order valence-electron chi connectivity index (χ2n) is 0. The molecule has 0 aliphatic rings. The summed E-state index contributed by atoms with van der Waals surface area (Å²) in [7, 11) is 0. The van der Waals surface area contributed by atoms with Gasteiger partial charge in [-0.3, -0.25) is 0 Å². The Morgan fingerprint density at radius 1 is 0.0833 bits per heavy atom. The molecule has 0 rings (SSSR count). The van der Waals surface area contributed by atoms with Crippen LogP contribution in [0, 0.1) is 0 Å². The van der Waals surface area contributed by atoms with E-state index in [2.05, 4.69) is 0 Å². The van der Waals surface area contributed by atoms with Crippen LogP contribution in [0.1, 0.15) is 0 Å². The summed E-state index contributed by atoms with van der Waals surface area (Å²) in [5.41, 5.74) is 0. The molecule has 12 heavy (non-hydrogen) atoms. The molecule has 0 nitrogen and oxygen atoms in total. The molecule has 0 aliphatic heterocycles. The molecule has 0 bridgehead atoms. The van der Waals surface area contributed by atoms with Gasteiger partial charge in [0.2, 0.25) is 0 Å². The number of hydrogen-bond donors (Lipinski definition) is 0. The fraction of sp³-hybridized carbons (Fsp3) is 0. The van der Waals surface area contributed by atoms with Crippen LogP contribution in [0.3, 0.4) is 0 Å². The van der Waals surface area contributed by atoms with Gasteiger partial charge in [-0.25, -0.2) is 0 Å². The minimum absolute atomic E-state index is 0. The maximum atomic E-state index is 0. The van der Waals surface area contributed by atoms with Crippen LogP contribution in [0.5, 0.6) is 0 Å². The van der Waals surface area contributed by atoms with Gasteiger partial charge in [-0.05, 0) is 0 Å². The summed E-state index contributed by atoms with van der Waals surface area (Å²) in [6.45, 7) is 0. The van der Waals surface area contributed by atoms with Gasteiger partial charge >= 0.3 is 0 Å². The van der Waals surface area contributed by atoms with E-state index in [9.17, 15) is 0 Å². The minimum atomic E-state index is 0. The van der Waals surface area contributed by atoms with Gasteiger partial charge < -0.3 is 0 Å². The Balaban J connectivity index is 0. The predicted octanol–water partition coefficient (Wildman–Crippen LogP) is -0.0300. The van der Waals surface area contributed by atoms with E-state index in [1.165, 1.54) is 0 Å². The van der Waals surface area contributed by atoms with Crippen LogP contribution in [0.15, 0.2) is 0 Å². The van der Waals surface area contributed by atoms with E-state index in [-0.39, 0.29) is 241 Å². The normalized spacial score (nSPS) is 0. The first-order chi connectivity index (χ1) is 0. The summed E-state index contributed by atoms with van der Waals surface area (Å²) in [5, 5.41) is 0. The second-order valence-corrected chi connectivity index (χ2v) is 0. The van der Waals surface area contributed by atoms with Crippen LogP contribution < -0.4 is 0 Å². The predicted molar refractivity (Wildman–Crippen MR) is 0 cm³/mol. The molecule has 108 valence electrons. The van der Waals surface area contributed by atoms with Crippen molar-refractivity contribution in [2.24, 2.45) is 0 Å². The largest absolute Gasteiger partial charge is 0 e. The molecular weight excluding hydrogens is 2310 g/mol. The van der Waals surface area contributed by atoms with Gasteiger partial charge in [-0.15, -0.1) is 0 Å². The summed E-state index contributed by atoms with van der Waals surface area (Å²) in [4.78, 5) is 0. The minimum Gasteiger partial charge on any atom is 0 e. The second kappa shape index (κ2) is 98.0. The molecule has 0 aromatic rings. The van der Waals surface area contributed by atoms with Gasteiger partial charge in [0.25, 0.3) is 0 Å². The van der Waals surface area contributed by atoms with E-state index in [4.69, 9.17) is 0 Å². The zero-order valence-corrected chi connectivity index (χ0v) is 32.7. The third-order valence-electron chi connectivity index (χ3n) is 0. The summed E-state index contributed by atoms with van der Waals surface area (Å²) in [5.74, 6) is 0. The van der Waals surface area contributed by atoms with E-state index in [1.807, 2.05) is 0 Å². The molecular formula is Ir12. The zero-order chi connectivity index (χ0) is 0. The Labute approximate surface area is 235 Å². The molecule has 0 unspecified atom stereocenters. The Bertz CT molecular complexity index is 0. The summed E-state index contributed by atoms with van der Waals surface area (Å²) in [6, 6.07) is 0. The van der Waals surface area contributed by atoms with E-state index in [0.29, 0.717) is 0 Å². The monoisotopic (exact) mass is 2320 g/mol. The fourth-order valence-corrected chi connectivity index (χ4v) is 0. The van der Waals surface area contributed by atoms with Crippen LogP contribution in [0.4, 0.5) is 0 Å². The fourth-order valence-electron chi connectivity index (χ4n) is 0. The molecule has 0 amide bonds. The van der Waals surface area contributed by atoms with Gasteiger partial charge in [0.15, 0.2) is 0 Å². The van der Waals surface area contributed by atoms with Crippen molar-refractivity contribution in [3.8, 4) is 0 Å². The molecule has 12 radical (unpaired) electrons. The average molecular weight is 2310 g/mol. The molecule has 0 spiro atoms. The molecule has 0 aliphatic carbocycles. The first-order valence-electron chi connectivity index (χ1n) is 0. The van der Waals surface area contributed by atoms with E-state index >= 15 is 0 Å². The summed E-state index contributed by atoms with van der Waals surface area (Å²) >= 11 is 0. The van der Waals surface area contributed by atoms with Crippen molar-refractivity contribution in [1.82, 2.24) is 0 Å². The molecule has 0 aromatic heterocycles. The van der Waals surface area contributed by atoms with Crippen LogP contribution >= 0.6 is 0 Å². The van der Waals surface area contributed by atoms with Crippen molar-refractivity contribution in [3.63, 3.8) is 0 Å². The molecule has 0 atom stereocenters. The Kier molecular flexibility index (Phi) is 940. The van der Waals surface area contributed by atoms with Crippen molar-refractivity contribution in [3.05, 3.63) is 0 Å². The van der Waals surface area contributed by atoms with Crippen LogP contribution in [-0.2, 0) is 241 Å². The smallest absolute Gasteiger partial charge is 0 e. The van der Waals surface area contributed by atoms with E-state index < -0.39 is 0 Å². The van der Waals surface area contributed by atoms with Crippen molar-refractivity contribution in [2.75, 3.05) is 0 Å². The molecule has 0 heterocycles. The van der Waals surface area contributed by atoms with E-state index in [1.54, 1.807) is 0 Å². The molecule has 0 aromatic carbocycles. The van der Waals surface area contributed by atoms with Gasteiger partial charge in [-0.2, -0.15) is 0 Å². The van der Waals surface area contributed by atoms with Crippen molar-refractivity contribution in [1.29, 1.82) is 0 Å². The Morgan fingerprint density at radius 2 is 0.0833 bits per heavy atom. The van der Waals surface area contributed by atoms with Gasteiger partial charge in [-0.1, -0.05) is 0 Å². The van der Waals surface area contributed by atoms with E-state index in [0.717, 1.165) is 0 Å². The van der Waals surface area contributed by atoms with Crippen LogP contribution in [0.2, 0.25) is 0 Å². The van der Waals surface area contributed by atoms with Crippen molar-refractivity contribution in [2.45, 2.75) is 0 Å². The molecule has 0 saturated heterocycles. The third kappa shape index (κ3) is 82.6. The topological polar surface area (TPSA) is 0 Å². The Hall–Kier alpha value is 7.79. The maximum Gasteiger partial charge on any atom is 0 e. The first kappa shape index (κ1) is 115. The van der Waals surface area contributed by atoms with Crippen molar-refractivity contribution < 1.29 is 241 Å². The number of rotatable bonds is 0. The third-order valence-corrected chi connectivity index (χ3v) is 0. The van der Waals surface area contributed by atoms with Crippen molar-refractivity contribution >= 4 is 0 Å². The van der Waals surface area contributed by atoms with Gasteiger partial charge in [0.05, 0.1) is 0 Å². The molecule has 12 heteroatoms. The SMILES string of the molecule is [Ir].[Ir].[Ir].[Ir].[Ir].[Ir].[Ir].[Ir].[Ir].[Ir].[Ir].[Ir]. The van der Waals surface area contributed by atoms with Gasteiger partial charge in [0.1, 0.15) is 0 Å². The van der Waals surface area contributed by atoms with Crippen LogP contribution in [0.25, 0.3) is 0 Å². The molecule has 0 N–H and O–H groups in total. The van der Waals surface area contributed by atoms with Crippen LogP contribution in [-0.4, -0.2) is 0 Å². The standard InChI is InChI=1S/12Ir. The zero-order valence-electron chi connectivity index (χ0n) is 4.00. The average Bonchev–Trinajstić information content (AvgIpc) is 0. The molecule has 0 fully saturated rings.